The maximum Gasteiger partial charge on any atom is 0.293 e. The fourth-order valence-electron chi connectivity index (χ4n) is 3.93. The van der Waals surface area contributed by atoms with Gasteiger partial charge in [-0.1, -0.05) is 19.3 Å². The van der Waals surface area contributed by atoms with Crippen LogP contribution >= 0.6 is 0 Å². The van der Waals surface area contributed by atoms with Crippen LogP contribution in [-0.4, -0.2) is 43.2 Å². The van der Waals surface area contributed by atoms with E-state index in [1.54, 1.807) is 12.1 Å². The van der Waals surface area contributed by atoms with E-state index in [2.05, 4.69) is 5.32 Å². The molecule has 0 spiro atoms. The maximum atomic E-state index is 11.7. The zero-order chi connectivity index (χ0) is 18.5. The molecule has 0 aromatic heterocycles. The lowest BCUT2D eigenvalue weighted by molar-refractivity contribution is -0.384. The van der Waals surface area contributed by atoms with Crippen LogP contribution in [0.2, 0.25) is 0 Å². The number of nitro groups is 1. The molecule has 0 radical (unpaired) electrons. The van der Waals surface area contributed by atoms with Crippen LogP contribution < -0.4 is 10.2 Å². The predicted molar refractivity (Wildman–Crippen MR) is 99.7 cm³/mol. The van der Waals surface area contributed by atoms with Crippen molar-refractivity contribution in [3.8, 4) is 0 Å². The number of piperidine rings is 1. The van der Waals surface area contributed by atoms with Gasteiger partial charge < -0.3 is 15.0 Å². The summed E-state index contributed by atoms with van der Waals surface area (Å²) in [5.74, 6) is -0.320. The largest absolute Gasteiger partial charge is 0.375 e. The zero-order valence-corrected chi connectivity index (χ0v) is 15.3. The van der Waals surface area contributed by atoms with Gasteiger partial charge >= 0.3 is 0 Å². The normalized spacial score (nSPS) is 19.3. The molecule has 0 bridgehead atoms. The molecule has 1 aromatic rings. The number of ether oxygens (including phenoxy) is 1. The van der Waals surface area contributed by atoms with E-state index >= 15 is 0 Å². The van der Waals surface area contributed by atoms with Crippen LogP contribution in [0.3, 0.4) is 0 Å². The summed E-state index contributed by atoms with van der Waals surface area (Å²) < 4.78 is 6.25. The lowest BCUT2D eigenvalue weighted by Crippen LogP contribution is -2.39. The van der Waals surface area contributed by atoms with E-state index in [1.807, 2.05) is 4.90 Å². The molecule has 1 N–H and O–H groups in total. The fourth-order valence-corrected chi connectivity index (χ4v) is 3.93. The smallest absolute Gasteiger partial charge is 0.293 e. The van der Waals surface area contributed by atoms with E-state index < -0.39 is 4.92 Å². The predicted octanol–water partition coefficient (Wildman–Crippen LogP) is 3.27. The molecule has 1 saturated carbocycles. The average molecular weight is 361 g/mol. The standard InChI is InChI=1S/C19H27N3O4/c1-20-19(23)14-7-8-17(18(13-14)22(24)25)21-11-9-16(10-12-21)26-15-5-3-2-4-6-15/h7-8,13,15-16H,2-6,9-12H2,1H3,(H,20,23). The van der Waals surface area contributed by atoms with E-state index in [-0.39, 0.29) is 17.7 Å². The van der Waals surface area contributed by atoms with Crippen LogP contribution in [0, 0.1) is 10.1 Å². The number of carbonyl (C=O) groups is 1. The van der Waals surface area contributed by atoms with E-state index in [0.717, 1.165) is 38.8 Å². The van der Waals surface area contributed by atoms with E-state index in [4.69, 9.17) is 4.74 Å². The van der Waals surface area contributed by atoms with Crippen LogP contribution in [0.4, 0.5) is 11.4 Å². The third kappa shape index (κ3) is 4.33. The lowest BCUT2D eigenvalue weighted by Gasteiger charge is -2.35. The number of nitrogens with zero attached hydrogens (tertiary/aromatic N) is 2. The highest BCUT2D eigenvalue weighted by Crippen LogP contribution is 2.32. The zero-order valence-electron chi connectivity index (χ0n) is 15.3. The van der Waals surface area contributed by atoms with Crippen molar-refractivity contribution in [3.63, 3.8) is 0 Å². The molecule has 7 nitrogen and oxygen atoms in total. The molecule has 7 heteroatoms. The van der Waals surface area contributed by atoms with Gasteiger partial charge in [0.05, 0.1) is 17.1 Å². The quantitative estimate of drug-likeness (QED) is 0.643. The lowest BCUT2D eigenvalue weighted by atomic mass is 9.97. The molecule has 2 aliphatic rings. The Bertz CT molecular complexity index is 650. The number of benzene rings is 1. The fraction of sp³-hybridized carbons (Fsp3) is 0.632. The Kier molecular flexibility index (Phi) is 6.08. The van der Waals surface area contributed by atoms with Crippen molar-refractivity contribution < 1.29 is 14.5 Å². The van der Waals surface area contributed by atoms with Gasteiger partial charge in [-0.2, -0.15) is 0 Å². The summed E-state index contributed by atoms with van der Waals surface area (Å²) in [7, 11) is 1.51. The number of amides is 1. The van der Waals surface area contributed by atoms with Gasteiger partial charge in [-0.15, -0.1) is 0 Å². The third-order valence-electron chi connectivity index (χ3n) is 5.38. The minimum absolute atomic E-state index is 0.0160. The topological polar surface area (TPSA) is 84.7 Å². The van der Waals surface area contributed by atoms with Crippen molar-refractivity contribution in [3.05, 3.63) is 33.9 Å². The molecule has 1 saturated heterocycles. The highest BCUT2D eigenvalue weighted by molar-refractivity contribution is 5.95. The summed E-state index contributed by atoms with van der Waals surface area (Å²) in [6.45, 7) is 1.47. The maximum absolute atomic E-state index is 11.7. The molecule has 3 rings (SSSR count). The number of anilines is 1. The summed E-state index contributed by atoms with van der Waals surface area (Å²) in [4.78, 5) is 24.8. The van der Waals surface area contributed by atoms with Gasteiger partial charge in [0.15, 0.2) is 0 Å². The Balaban J connectivity index is 1.64. The number of hydrogen-bond acceptors (Lipinski definition) is 5. The van der Waals surface area contributed by atoms with Gasteiger partial charge in [-0.05, 0) is 37.8 Å². The van der Waals surface area contributed by atoms with Gasteiger partial charge in [0.25, 0.3) is 11.6 Å². The molecule has 2 fully saturated rings. The van der Waals surface area contributed by atoms with E-state index in [9.17, 15) is 14.9 Å². The Morgan fingerprint density at radius 2 is 1.81 bits per heavy atom. The van der Waals surface area contributed by atoms with Gasteiger partial charge in [0, 0.05) is 31.8 Å². The summed E-state index contributed by atoms with van der Waals surface area (Å²) in [5, 5.41) is 14.0. The molecular weight excluding hydrogens is 334 g/mol. The van der Waals surface area contributed by atoms with Crippen LogP contribution in [0.25, 0.3) is 0 Å². The van der Waals surface area contributed by atoms with Crippen LogP contribution in [-0.2, 0) is 4.74 Å². The Hall–Kier alpha value is -2.15. The molecule has 26 heavy (non-hydrogen) atoms. The second-order valence-electron chi connectivity index (χ2n) is 7.12. The Labute approximate surface area is 153 Å². The highest BCUT2D eigenvalue weighted by atomic mass is 16.6. The first-order chi connectivity index (χ1) is 12.6. The van der Waals surface area contributed by atoms with E-state index in [1.165, 1.54) is 32.4 Å². The summed E-state index contributed by atoms with van der Waals surface area (Å²) in [5.41, 5.74) is 0.870. The Morgan fingerprint density at radius 3 is 2.42 bits per heavy atom. The summed E-state index contributed by atoms with van der Waals surface area (Å²) >= 11 is 0. The van der Waals surface area contributed by atoms with Gasteiger partial charge in [0.1, 0.15) is 5.69 Å². The molecule has 0 unspecified atom stereocenters. The second kappa shape index (κ2) is 8.49. The molecule has 1 amide bonds. The molecule has 1 heterocycles. The van der Waals surface area contributed by atoms with Crippen molar-refractivity contribution >= 4 is 17.3 Å². The van der Waals surface area contributed by atoms with Crippen LogP contribution in [0.1, 0.15) is 55.3 Å². The van der Waals surface area contributed by atoms with E-state index in [0.29, 0.717) is 17.4 Å². The number of carbonyl (C=O) groups excluding carboxylic acids is 1. The van der Waals surface area contributed by atoms with Crippen molar-refractivity contribution in [1.29, 1.82) is 0 Å². The van der Waals surface area contributed by atoms with Crippen LogP contribution in [0.15, 0.2) is 18.2 Å². The van der Waals surface area contributed by atoms with Crippen LogP contribution in [0.5, 0.6) is 0 Å². The van der Waals surface area contributed by atoms with Gasteiger partial charge in [-0.3, -0.25) is 14.9 Å². The van der Waals surface area contributed by atoms with Crippen molar-refractivity contribution in [1.82, 2.24) is 5.32 Å². The summed E-state index contributed by atoms with van der Waals surface area (Å²) in [6.07, 6.45) is 8.55. The second-order valence-corrected chi connectivity index (χ2v) is 7.12. The molecule has 1 aliphatic heterocycles. The first kappa shape index (κ1) is 18.6. The van der Waals surface area contributed by atoms with Gasteiger partial charge in [0.2, 0.25) is 0 Å². The summed E-state index contributed by atoms with van der Waals surface area (Å²) in [6, 6.07) is 4.69. The van der Waals surface area contributed by atoms with Crippen molar-refractivity contribution in [2.45, 2.75) is 57.2 Å². The average Bonchev–Trinajstić information content (AvgIpc) is 2.68. The monoisotopic (exact) mass is 361 g/mol. The van der Waals surface area contributed by atoms with Crippen molar-refractivity contribution in [2.24, 2.45) is 0 Å². The number of nitro benzene ring substituents is 1. The SMILES string of the molecule is CNC(=O)c1ccc(N2CCC(OC3CCCCC3)CC2)c([N+](=O)[O-])c1. The number of nitrogens with one attached hydrogen (secondary N) is 1. The molecular formula is C19H27N3O4. The molecule has 0 atom stereocenters. The number of rotatable bonds is 5. The molecule has 142 valence electrons. The minimum atomic E-state index is -0.410. The first-order valence-corrected chi connectivity index (χ1v) is 9.49. The van der Waals surface area contributed by atoms with Crippen molar-refractivity contribution in [2.75, 3.05) is 25.0 Å². The molecule has 1 aliphatic carbocycles. The third-order valence-corrected chi connectivity index (χ3v) is 5.38. The minimum Gasteiger partial charge on any atom is -0.375 e. The Morgan fingerprint density at radius 1 is 1.15 bits per heavy atom. The van der Waals surface area contributed by atoms with Gasteiger partial charge in [-0.25, -0.2) is 0 Å². The highest BCUT2D eigenvalue weighted by Gasteiger charge is 2.28. The number of hydrogen-bond donors (Lipinski definition) is 1. The first-order valence-electron chi connectivity index (χ1n) is 9.49. The molecule has 1 aromatic carbocycles.